The lowest BCUT2D eigenvalue weighted by Crippen LogP contribution is -2.56. The minimum atomic E-state index is -0.487. The Bertz CT molecular complexity index is 1030. The van der Waals surface area contributed by atoms with Gasteiger partial charge in [-0.1, -0.05) is 19.3 Å². The third-order valence-electron chi connectivity index (χ3n) is 7.80. The van der Waals surface area contributed by atoms with Crippen LogP contribution in [0.4, 0.5) is 4.39 Å². The van der Waals surface area contributed by atoms with Crippen LogP contribution in [0.15, 0.2) is 24.4 Å². The predicted molar refractivity (Wildman–Crippen MR) is 134 cm³/mol. The SMILES string of the molecule is CNC(C)C(=O)NC(C(=O)N1CCCC1Cn1cc(COC)c2cc(F)ccc21)C1CCCCC1. The molecule has 35 heavy (non-hydrogen) atoms. The molecule has 2 aliphatic rings. The number of nitrogens with zero attached hydrogens (tertiary/aromatic N) is 2. The molecule has 2 aromatic rings. The second kappa shape index (κ2) is 11.5. The molecule has 0 bridgehead atoms. The smallest absolute Gasteiger partial charge is 0.245 e. The van der Waals surface area contributed by atoms with Crippen LogP contribution in [-0.2, 0) is 27.5 Å². The zero-order chi connectivity index (χ0) is 24.9. The summed E-state index contributed by atoms with van der Waals surface area (Å²) in [6.45, 7) is 3.55. The van der Waals surface area contributed by atoms with E-state index in [1.165, 1.54) is 12.5 Å². The van der Waals surface area contributed by atoms with Gasteiger partial charge in [0, 0.05) is 48.9 Å². The maximum Gasteiger partial charge on any atom is 0.245 e. The first kappa shape index (κ1) is 25.6. The number of halogens is 1. The quantitative estimate of drug-likeness (QED) is 0.568. The van der Waals surface area contributed by atoms with Crippen LogP contribution in [0.25, 0.3) is 10.9 Å². The van der Waals surface area contributed by atoms with Crippen molar-refractivity contribution in [2.75, 3.05) is 20.7 Å². The highest BCUT2D eigenvalue weighted by atomic mass is 19.1. The lowest BCUT2D eigenvalue weighted by Gasteiger charge is -2.35. The summed E-state index contributed by atoms with van der Waals surface area (Å²) in [5.74, 6) is -0.188. The first-order valence-corrected chi connectivity index (χ1v) is 13.0. The van der Waals surface area contributed by atoms with Crippen LogP contribution >= 0.6 is 0 Å². The van der Waals surface area contributed by atoms with Gasteiger partial charge in [-0.25, -0.2) is 4.39 Å². The van der Waals surface area contributed by atoms with Crippen molar-refractivity contribution in [1.82, 2.24) is 20.1 Å². The standard InChI is InChI=1S/C27H39FN4O3/c1-18(29-2)26(33)30-25(19-8-5-4-6-9-19)27(34)32-13-7-10-22(32)16-31-15-20(17-35-3)23-14-21(28)11-12-24(23)31/h11-12,14-15,18-19,22,25,29H,4-10,13,16-17H2,1-3H3,(H,30,33). The Morgan fingerprint density at radius 3 is 2.66 bits per heavy atom. The molecule has 1 aromatic carbocycles. The lowest BCUT2D eigenvalue weighted by molar-refractivity contribution is -0.139. The molecule has 1 saturated carbocycles. The zero-order valence-electron chi connectivity index (χ0n) is 21.2. The summed E-state index contributed by atoms with van der Waals surface area (Å²) in [7, 11) is 3.39. The van der Waals surface area contributed by atoms with Gasteiger partial charge in [-0.15, -0.1) is 0 Å². The molecule has 2 fully saturated rings. The molecule has 7 nitrogen and oxygen atoms in total. The molecule has 192 valence electrons. The Labute approximate surface area is 207 Å². The van der Waals surface area contributed by atoms with Gasteiger partial charge in [-0.05, 0) is 63.8 Å². The summed E-state index contributed by atoms with van der Waals surface area (Å²) in [4.78, 5) is 28.7. The lowest BCUT2D eigenvalue weighted by atomic mass is 9.83. The monoisotopic (exact) mass is 486 g/mol. The maximum absolute atomic E-state index is 13.9. The fourth-order valence-corrected chi connectivity index (χ4v) is 5.74. The van der Waals surface area contributed by atoms with Crippen molar-refractivity contribution in [3.63, 3.8) is 0 Å². The van der Waals surface area contributed by atoms with E-state index in [1.54, 1.807) is 26.3 Å². The van der Waals surface area contributed by atoms with E-state index in [4.69, 9.17) is 4.74 Å². The number of ether oxygens (including phenoxy) is 1. The molecule has 0 spiro atoms. The van der Waals surface area contributed by atoms with E-state index in [-0.39, 0.29) is 35.6 Å². The highest BCUT2D eigenvalue weighted by Gasteiger charge is 2.38. The van der Waals surface area contributed by atoms with E-state index < -0.39 is 6.04 Å². The number of aromatic nitrogens is 1. The molecule has 0 radical (unpaired) electrons. The number of likely N-dealkylation sites (tertiary alicyclic amines) is 1. The molecular weight excluding hydrogens is 447 g/mol. The predicted octanol–water partition coefficient (Wildman–Crippen LogP) is 3.59. The first-order chi connectivity index (χ1) is 16.9. The van der Waals surface area contributed by atoms with Crippen LogP contribution in [0.3, 0.4) is 0 Å². The minimum Gasteiger partial charge on any atom is -0.380 e. The van der Waals surface area contributed by atoms with Gasteiger partial charge in [-0.2, -0.15) is 0 Å². The number of likely N-dealkylation sites (N-methyl/N-ethyl adjacent to an activating group) is 1. The molecule has 1 saturated heterocycles. The van der Waals surface area contributed by atoms with Gasteiger partial charge >= 0.3 is 0 Å². The second-order valence-corrected chi connectivity index (χ2v) is 10.1. The minimum absolute atomic E-state index is 0.0308. The van der Waals surface area contributed by atoms with Crippen molar-refractivity contribution >= 4 is 22.7 Å². The molecule has 1 aliphatic heterocycles. The Hall–Kier alpha value is -2.45. The molecular formula is C27H39FN4O3. The highest BCUT2D eigenvalue weighted by molar-refractivity contribution is 5.90. The van der Waals surface area contributed by atoms with Gasteiger partial charge in [0.2, 0.25) is 11.8 Å². The van der Waals surface area contributed by atoms with E-state index in [0.29, 0.717) is 19.7 Å². The van der Waals surface area contributed by atoms with Crippen LogP contribution in [0, 0.1) is 11.7 Å². The fourth-order valence-electron chi connectivity index (χ4n) is 5.74. The van der Waals surface area contributed by atoms with E-state index in [9.17, 15) is 14.0 Å². The van der Waals surface area contributed by atoms with E-state index in [0.717, 1.165) is 55.0 Å². The van der Waals surface area contributed by atoms with Crippen molar-refractivity contribution in [3.8, 4) is 0 Å². The molecule has 2 heterocycles. The molecule has 2 amide bonds. The topological polar surface area (TPSA) is 75.6 Å². The summed E-state index contributed by atoms with van der Waals surface area (Å²) in [6.07, 6.45) is 9.19. The van der Waals surface area contributed by atoms with Gasteiger partial charge in [0.25, 0.3) is 0 Å². The molecule has 2 N–H and O–H groups in total. The van der Waals surface area contributed by atoms with Crippen LogP contribution in [0.2, 0.25) is 0 Å². The zero-order valence-corrected chi connectivity index (χ0v) is 21.2. The summed E-state index contributed by atoms with van der Waals surface area (Å²) in [6, 6.07) is 4.02. The average Bonchev–Trinajstić information content (AvgIpc) is 3.47. The molecule has 3 atom stereocenters. The molecule has 1 aliphatic carbocycles. The number of nitrogens with one attached hydrogen (secondary N) is 2. The van der Waals surface area contributed by atoms with Crippen molar-refractivity contribution < 1.29 is 18.7 Å². The molecule has 4 rings (SSSR count). The number of carbonyl (C=O) groups excluding carboxylic acids is 2. The average molecular weight is 487 g/mol. The third-order valence-corrected chi connectivity index (χ3v) is 7.80. The van der Waals surface area contributed by atoms with Crippen LogP contribution < -0.4 is 10.6 Å². The number of methoxy groups -OCH3 is 1. The summed E-state index contributed by atoms with van der Waals surface area (Å²) in [5.41, 5.74) is 1.88. The van der Waals surface area contributed by atoms with Gasteiger partial charge in [0.1, 0.15) is 11.9 Å². The summed E-state index contributed by atoms with van der Waals surface area (Å²) >= 11 is 0. The Morgan fingerprint density at radius 2 is 1.94 bits per heavy atom. The maximum atomic E-state index is 13.9. The molecule has 3 unspecified atom stereocenters. The number of carbonyl (C=O) groups is 2. The second-order valence-electron chi connectivity index (χ2n) is 10.1. The molecule has 8 heteroatoms. The highest BCUT2D eigenvalue weighted by Crippen LogP contribution is 2.31. The number of hydrogen-bond donors (Lipinski definition) is 2. The van der Waals surface area contributed by atoms with Crippen molar-refractivity contribution in [1.29, 1.82) is 0 Å². The van der Waals surface area contributed by atoms with E-state index >= 15 is 0 Å². The van der Waals surface area contributed by atoms with E-state index in [1.807, 2.05) is 18.0 Å². The summed E-state index contributed by atoms with van der Waals surface area (Å²) < 4.78 is 21.4. The van der Waals surface area contributed by atoms with Crippen LogP contribution in [0.1, 0.15) is 57.4 Å². The van der Waals surface area contributed by atoms with Gasteiger partial charge < -0.3 is 24.8 Å². The Balaban J connectivity index is 1.56. The van der Waals surface area contributed by atoms with Gasteiger partial charge in [0.15, 0.2) is 0 Å². The van der Waals surface area contributed by atoms with Crippen molar-refractivity contribution in [2.24, 2.45) is 5.92 Å². The number of fused-ring (bicyclic) bond motifs is 1. The van der Waals surface area contributed by atoms with Gasteiger partial charge in [0.05, 0.1) is 12.6 Å². The Morgan fingerprint density at radius 1 is 1.17 bits per heavy atom. The summed E-state index contributed by atoms with van der Waals surface area (Å²) in [5, 5.41) is 6.92. The van der Waals surface area contributed by atoms with Crippen LogP contribution in [-0.4, -0.2) is 60.1 Å². The Kier molecular flexibility index (Phi) is 8.44. The number of benzene rings is 1. The largest absolute Gasteiger partial charge is 0.380 e. The normalized spacial score (nSPS) is 20.8. The molecule has 1 aromatic heterocycles. The van der Waals surface area contributed by atoms with Gasteiger partial charge in [-0.3, -0.25) is 9.59 Å². The fraction of sp³-hybridized carbons (Fsp3) is 0.630. The number of amides is 2. The number of rotatable bonds is 9. The first-order valence-electron chi connectivity index (χ1n) is 13.0. The number of hydrogen-bond acceptors (Lipinski definition) is 4. The van der Waals surface area contributed by atoms with Crippen molar-refractivity contribution in [3.05, 3.63) is 35.8 Å². The van der Waals surface area contributed by atoms with E-state index in [2.05, 4.69) is 15.2 Å². The third kappa shape index (κ3) is 5.70. The van der Waals surface area contributed by atoms with Crippen LogP contribution in [0.5, 0.6) is 0 Å². The van der Waals surface area contributed by atoms with Crippen molar-refractivity contribution in [2.45, 2.75) is 83.1 Å².